The Labute approximate surface area is 290 Å². The van der Waals surface area contributed by atoms with Crippen LogP contribution in [0.15, 0.2) is 75.6 Å². The predicted octanol–water partition coefficient (Wildman–Crippen LogP) is 12.7. The molecule has 2 fully saturated rings. The van der Waals surface area contributed by atoms with Crippen molar-refractivity contribution in [3.05, 3.63) is 72.3 Å². The third kappa shape index (κ3) is 5.16. The Bertz CT molecular complexity index is 2310. The zero-order chi connectivity index (χ0) is 33.6. The summed E-state index contributed by atoms with van der Waals surface area (Å²) in [6.07, 6.45) is 5.11. The molecule has 0 aliphatic carbocycles. The second-order valence-corrected chi connectivity index (χ2v) is 16.3. The molecule has 2 aliphatic rings. The molecule has 0 saturated carbocycles. The van der Waals surface area contributed by atoms with Crippen molar-refractivity contribution >= 4 is 76.8 Å². The minimum atomic E-state index is 0.272. The van der Waals surface area contributed by atoms with Gasteiger partial charge in [0, 0.05) is 64.7 Å². The molecule has 5 aromatic carbocycles. The van der Waals surface area contributed by atoms with Gasteiger partial charge in [0.1, 0.15) is 22.3 Å². The molecule has 0 unspecified atom stereocenters. The Balaban J connectivity index is 1.12. The minimum absolute atomic E-state index is 0.272. The summed E-state index contributed by atoms with van der Waals surface area (Å²) in [5.74, 6) is 3.49. The first-order valence-corrected chi connectivity index (χ1v) is 18.9. The van der Waals surface area contributed by atoms with Crippen LogP contribution in [-0.2, 0) is 0 Å². The van der Waals surface area contributed by atoms with E-state index in [0.717, 1.165) is 83.0 Å². The van der Waals surface area contributed by atoms with Gasteiger partial charge >= 0.3 is 0 Å². The fourth-order valence-corrected chi connectivity index (χ4v) is 9.25. The lowest BCUT2D eigenvalue weighted by Gasteiger charge is -2.35. The molecule has 0 amide bonds. The van der Waals surface area contributed by atoms with Gasteiger partial charge in [-0.25, -0.2) is 0 Å². The Morgan fingerprint density at radius 1 is 0.510 bits per heavy atom. The summed E-state index contributed by atoms with van der Waals surface area (Å²) in [4.78, 5) is 5.13. The molecule has 49 heavy (non-hydrogen) atoms. The number of anilines is 2. The monoisotopic (exact) mass is 650 g/mol. The lowest BCUT2D eigenvalue weighted by molar-refractivity contribution is 0.311. The number of hydrogen-bond acceptors (Lipinski definition) is 4. The fourth-order valence-electron chi connectivity index (χ4n) is 9.25. The molecule has 4 heterocycles. The highest BCUT2D eigenvalue weighted by Gasteiger charge is 2.25. The van der Waals surface area contributed by atoms with Gasteiger partial charge in [0.2, 0.25) is 0 Å². The SMILES string of the molecule is CC(C)c1c2oc3cc4cc(N5CCC(C(C)C)CC5)ccc4cc3c2cc2oc3cc4cc(N5CCC(C(C)C)CC5)ccc4cc3c12. The topological polar surface area (TPSA) is 32.8 Å². The maximum Gasteiger partial charge on any atom is 0.139 e. The molecule has 4 heteroatoms. The zero-order valence-electron chi connectivity index (χ0n) is 30.1. The molecule has 2 aromatic heterocycles. The number of nitrogens with zero attached hydrogens (tertiary/aromatic N) is 2. The first-order valence-electron chi connectivity index (χ1n) is 18.9. The van der Waals surface area contributed by atoms with E-state index in [-0.39, 0.29) is 5.92 Å². The molecule has 2 saturated heterocycles. The Kier molecular flexibility index (Phi) is 7.37. The summed E-state index contributed by atoms with van der Waals surface area (Å²) >= 11 is 0. The van der Waals surface area contributed by atoms with Gasteiger partial charge in [0.05, 0.1) is 0 Å². The Morgan fingerprint density at radius 3 is 1.53 bits per heavy atom. The van der Waals surface area contributed by atoms with Crippen molar-refractivity contribution in [1.29, 1.82) is 0 Å². The number of benzene rings is 5. The van der Waals surface area contributed by atoms with Crippen molar-refractivity contribution in [2.24, 2.45) is 23.7 Å². The van der Waals surface area contributed by atoms with Gasteiger partial charge in [-0.2, -0.15) is 0 Å². The molecule has 0 bridgehead atoms. The summed E-state index contributed by atoms with van der Waals surface area (Å²) in [5, 5.41) is 9.66. The lowest BCUT2D eigenvalue weighted by Crippen LogP contribution is -2.35. The number of fused-ring (bicyclic) bond motifs is 8. The fraction of sp³-hybridized carbons (Fsp3) is 0.422. The zero-order valence-corrected chi connectivity index (χ0v) is 30.1. The maximum absolute atomic E-state index is 6.84. The van der Waals surface area contributed by atoms with Crippen LogP contribution in [0.1, 0.15) is 78.7 Å². The lowest BCUT2D eigenvalue weighted by atomic mass is 9.86. The van der Waals surface area contributed by atoms with Crippen molar-refractivity contribution in [3.63, 3.8) is 0 Å². The molecule has 252 valence electrons. The molecule has 0 atom stereocenters. The molecular weight excluding hydrogens is 601 g/mol. The Morgan fingerprint density at radius 2 is 1.02 bits per heavy atom. The highest BCUT2D eigenvalue weighted by molar-refractivity contribution is 6.20. The van der Waals surface area contributed by atoms with Crippen molar-refractivity contribution in [3.8, 4) is 0 Å². The second-order valence-electron chi connectivity index (χ2n) is 16.3. The van der Waals surface area contributed by atoms with Crippen LogP contribution in [0.2, 0.25) is 0 Å². The number of furan rings is 2. The molecule has 0 spiro atoms. The summed E-state index contributed by atoms with van der Waals surface area (Å²) in [5.41, 5.74) is 7.73. The molecule has 2 aliphatic heterocycles. The molecular formula is C45H50N2O2. The van der Waals surface area contributed by atoms with Crippen molar-refractivity contribution in [1.82, 2.24) is 0 Å². The average Bonchev–Trinajstić information content (AvgIpc) is 3.64. The smallest absolute Gasteiger partial charge is 0.139 e. The molecule has 4 nitrogen and oxygen atoms in total. The number of hydrogen-bond donors (Lipinski definition) is 0. The number of rotatable bonds is 5. The van der Waals surface area contributed by atoms with Crippen molar-refractivity contribution in [2.75, 3.05) is 36.0 Å². The van der Waals surface area contributed by atoms with E-state index < -0.39 is 0 Å². The van der Waals surface area contributed by atoms with Crippen LogP contribution in [0.5, 0.6) is 0 Å². The maximum atomic E-state index is 6.84. The van der Waals surface area contributed by atoms with Gasteiger partial charge in [0.15, 0.2) is 0 Å². The van der Waals surface area contributed by atoms with Gasteiger partial charge in [-0.05, 0) is 131 Å². The third-order valence-corrected chi connectivity index (χ3v) is 12.4. The summed E-state index contributed by atoms with van der Waals surface area (Å²) < 4.78 is 13.6. The van der Waals surface area contributed by atoms with Crippen LogP contribution < -0.4 is 9.80 Å². The van der Waals surface area contributed by atoms with E-state index in [1.54, 1.807) is 0 Å². The van der Waals surface area contributed by atoms with Crippen LogP contribution in [-0.4, -0.2) is 26.2 Å². The van der Waals surface area contributed by atoms with E-state index in [1.807, 2.05) is 0 Å². The van der Waals surface area contributed by atoms with Crippen molar-refractivity contribution < 1.29 is 8.83 Å². The molecule has 0 radical (unpaired) electrons. The normalized spacial score (nSPS) is 17.2. The van der Waals surface area contributed by atoms with E-state index in [4.69, 9.17) is 8.83 Å². The standard InChI is InChI=1S/C45H50N2O2/c1-26(2)29-11-15-46(16-12-29)35-9-7-31-21-37-38-25-42-44(43(28(5)6)45(38)49-40(37)23-33(31)19-35)39-22-32-8-10-36(20-34(32)24-41(39)48-42)47-17-13-30(14-18-47)27(3)4/h7-10,19-30H,11-18H2,1-6H3. The van der Waals surface area contributed by atoms with E-state index in [1.165, 1.54) is 74.9 Å². The highest BCUT2D eigenvalue weighted by Crippen LogP contribution is 2.45. The molecule has 7 aromatic rings. The molecule has 0 N–H and O–H groups in total. The van der Waals surface area contributed by atoms with E-state index in [0.29, 0.717) is 0 Å². The van der Waals surface area contributed by atoms with Gasteiger partial charge in [-0.1, -0.05) is 53.7 Å². The van der Waals surface area contributed by atoms with Gasteiger partial charge < -0.3 is 18.6 Å². The van der Waals surface area contributed by atoms with Crippen LogP contribution in [0.25, 0.3) is 65.4 Å². The summed E-state index contributed by atoms with van der Waals surface area (Å²) in [6.45, 7) is 18.6. The van der Waals surface area contributed by atoms with Crippen LogP contribution in [0, 0.1) is 23.7 Å². The van der Waals surface area contributed by atoms with Gasteiger partial charge in [-0.15, -0.1) is 0 Å². The molecule has 9 rings (SSSR count). The highest BCUT2D eigenvalue weighted by atomic mass is 16.3. The minimum Gasteiger partial charge on any atom is -0.456 e. The van der Waals surface area contributed by atoms with Crippen LogP contribution >= 0.6 is 0 Å². The van der Waals surface area contributed by atoms with Crippen molar-refractivity contribution in [2.45, 2.75) is 73.1 Å². The summed E-state index contributed by atoms with van der Waals surface area (Å²) in [6, 6.07) is 25.4. The number of piperidine rings is 2. The first kappa shape index (κ1) is 30.8. The largest absolute Gasteiger partial charge is 0.456 e. The predicted molar refractivity (Wildman–Crippen MR) is 210 cm³/mol. The average molecular weight is 651 g/mol. The Hall–Kier alpha value is -4.18. The van der Waals surface area contributed by atoms with Gasteiger partial charge in [0.25, 0.3) is 0 Å². The van der Waals surface area contributed by atoms with E-state index >= 15 is 0 Å². The van der Waals surface area contributed by atoms with Crippen LogP contribution in [0.4, 0.5) is 11.4 Å². The third-order valence-electron chi connectivity index (χ3n) is 12.4. The quantitative estimate of drug-likeness (QED) is 0.186. The van der Waals surface area contributed by atoms with E-state index in [9.17, 15) is 0 Å². The van der Waals surface area contributed by atoms with E-state index in [2.05, 4.69) is 118 Å². The van der Waals surface area contributed by atoms with Gasteiger partial charge in [-0.3, -0.25) is 0 Å². The first-order chi connectivity index (χ1) is 23.7. The second kappa shape index (κ2) is 11.7. The summed E-state index contributed by atoms with van der Waals surface area (Å²) in [7, 11) is 0. The van der Waals surface area contributed by atoms with Crippen LogP contribution in [0.3, 0.4) is 0 Å².